The number of hydrogen-bond acceptors (Lipinski definition) is 13. The summed E-state index contributed by atoms with van der Waals surface area (Å²) in [4.78, 5) is 95.8. The molecule has 2 amide bonds. The van der Waals surface area contributed by atoms with Crippen LogP contribution in [0.4, 0.5) is 11.6 Å². The van der Waals surface area contributed by atoms with Crippen LogP contribution in [-0.4, -0.2) is 83.3 Å². The van der Waals surface area contributed by atoms with E-state index in [-0.39, 0.29) is 47.4 Å². The van der Waals surface area contributed by atoms with E-state index in [1.165, 1.54) is 12.4 Å². The first-order valence-electron chi connectivity index (χ1n) is 12.1. The van der Waals surface area contributed by atoms with Gasteiger partial charge >= 0.3 is 11.9 Å². The third kappa shape index (κ3) is 10.5. The number of amides is 2. The molecule has 10 N–H and O–H groups in total. The van der Waals surface area contributed by atoms with Gasteiger partial charge in [-0.05, 0) is 0 Å². The molecule has 228 valence electrons. The second-order valence-electron chi connectivity index (χ2n) is 8.85. The number of hydrogen-bond donors (Lipinski definition) is 8. The van der Waals surface area contributed by atoms with Crippen LogP contribution in [0.25, 0.3) is 0 Å². The Labute approximate surface area is 246 Å². The number of nitrogen functional groups attached to an aromatic ring is 2. The van der Waals surface area contributed by atoms with E-state index in [4.69, 9.17) is 11.5 Å². The third-order valence-corrected chi connectivity index (χ3v) is 8.10. The molecule has 0 radical (unpaired) electrons. The van der Waals surface area contributed by atoms with Crippen molar-refractivity contribution in [2.75, 3.05) is 23.0 Å². The van der Waals surface area contributed by atoms with Crippen LogP contribution in [0.2, 0.25) is 0 Å². The number of carbonyl (C=O) groups is 5. The SMILES string of the molecule is CC(=O)NC(CSC(CC(=O)CC(SCC(NC(C)=O)C(=O)O)c1c[nH]c(=O)c(N)n1)c1c[nH]c(=O)c(N)n1)C(=O)O. The second-order valence-corrected chi connectivity index (χ2v) is 11.3. The Bertz CT molecular complexity index is 1340. The van der Waals surface area contributed by atoms with Crippen LogP contribution < -0.4 is 33.2 Å². The van der Waals surface area contributed by atoms with Crippen molar-refractivity contribution in [2.24, 2.45) is 0 Å². The second kappa shape index (κ2) is 15.6. The fourth-order valence-corrected chi connectivity index (χ4v) is 5.95. The first kappa shape index (κ1) is 33.8. The van der Waals surface area contributed by atoms with Gasteiger partial charge in [-0.1, -0.05) is 0 Å². The zero-order valence-electron chi connectivity index (χ0n) is 22.4. The number of Topliss-reactive ketones (excluding diaryl/α,β-unsaturated/α-hetero) is 1. The topological polar surface area (TPSA) is 293 Å². The molecule has 2 aromatic rings. The molecule has 19 heteroatoms. The van der Waals surface area contributed by atoms with Crippen molar-refractivity contribution in [1.82, 2.24) is 30.6 Å². The third-order valence-electron chi connectivity index (χ3n) is 5.43. The van der Waals surface area contributed by atoms with Gasteiger partial charge in [-0.15, -0.1) is 23.5 Å². The van der Waals surface area contributed by atoms with Gasteiger partial charge in [0.05, 0.1) is 21.9 Å². The van der Waals surface area contributed by atoms with Gasteiger partial charge in [-0.2, -0.15) is 0 Å². The summed E-state index contributed by atoms with van der Waals surface area (Å²) in [6.07, 6.45) is 1.97. The molecule has 4 unspecified atom stereocenters. The lowest BCUT2D eigenvalue weighted by atomic mass is 10.1. The number of aromatic amines is 2. The molecular formula is C23H30N8O9S2. The molecule has 0 fully saturated rings. The maximum absolute atomic E-state index is 13.4. The normalized spacial score (nSPS) is 13.8. The zero-order valence-corrected chi connectivity index (χ0v) is 24.0. The predicted molar refractivity (Wildman–Crippen MR) is 154 cm³/mol. The van der Waals surface area contributed by atoms with Crippen LogP contribution in [0.1, 0.15) is 48.6 Å². The molecule has 0 aliphatic carbocycles. The Morgan fingerprint density at radius 1 is 0.786 bits per heavy atom. The van der Waals surface area contributed by atoms with Gasteiger partial charge in [-0.3, -0.25) is 24.0 Å². The number of aliphatic carboxylic acids is 2. The number of carboxylic acid groups (broad SMARTS) is 2. The molecule has 2 heterocycles. The van der Waals surface area contributed by atoms with E-state index in [9.17, 15) is 43.8 Å². The van der Waals surface area contributed by atoms with Crippen molar-refractivity contribution < 1.29 is 34.2 Å². The fourth-order valence-electron chi connectivity index (χ4n) is 3.46. The molecular weight excluding hydrogens is 596 g/mol. The minimum absolute atomic E-state index is 0.166. The van der Waals surface area contributed by atoms with E-state index in [0.717, 1.165) is 37.4 Å². The number of H-pyrrole nitrogens is 2. The lowest BCUT2D eigenvalue weighted by molar-refractivity contribution is -0.141. The molecule has 17 nitrogen and oxygen atoms in total. The van der Waals surface area contributed by atoms with Gasteiger partial charge in [0.15, 0.2) is 11.6 Å². The number of anilines is 2. The Balaban J connectivity index is 2.34. The number of carboxylic acids is 2. The minimum Gasteiger partial charge on any atom is -0.480 e. The summed E-state index contributed by atoms with van der Waals surface area (Å²) >= 11 is 1.96. The summed E-state index contributed by atoms with van der Waals surface area (Å²) in [5.74, 6) is -5.25. The highest BCUT2D eigenvalue weighted by atomic mass is 32.2. The Morgan fingerprint density at radius 3 is 1.43 bits per heavy atom. The molecule has 0 aliphatic heterocycles. The van der Waals surface area contributed by atoms with Gasteiger partial charge in [0.25, 0.3) is 11.1 Å². The summed E-state index contributed by atoms with van der Waals surface area (Å²) in [5.41, 5.74) is 10.3. The zero-order chi connectivity index (χ0) is 31.6. The van der Waals surface area contributed by atoms with Crippen LogP contribution in [0.3, 0.4) is 0 Å². The number of rotatable bonds is 16. The lowest BCUT2D eigenvalue weighted by Gasteiger charge is -2.21. The van der Waals surface area contributed by atoms with E-state index in [0.29, 0.717) is 0 Å². The Morgan fingerprint density at radius 2 is 1.14 bits per heavy atom. The van der Waals surface area contributed by atoms with E-state index in [2.05, 4.69) is 30.6 Å². The van der Waals surface area contributed by atoms with Crippen LogP contribution in [0.5, 0.6) is 0 Å². The molecule has 0 bridgehead atoms. The first-order valence-corrected chi connectivity index (χ1v) is 14.2. The molecule has 0 saturated carbocycles. The summed E-state index contributed by atoms with van der Waals surface area (Å²) in [6, 6.07) is -2.58. The fraction of sp³-hybridized carbons (Fsp3) is 0.435. The van der Waals surface area contributed by atoms with E-state index in [1.54, 1.807) is 0 Å². The quantitative estimate of drug-likeness (QED) is 0.108. The number of aromatic nitrogens is 4. The van der Waals surface area contributed by atoms with Crippen LogP contribution in [-0.2, 0) is 24.0 Å². The number of carbonyl (C=O) groups excluding carboxylic acids is 3. The molecule has 4 atom stereocenters. The van der Waals surface area contributed by atoms with Gasteiger partial charge in [0.2, 0.25) is 11.8 Å². The average molecular weight is 627 g/mol. The lowest BCUT2D eigenvalue weighted by Crippen LogP contribution is -2.41. The minimum atomic E-state index is -1.30. The Kier molecular flexibility index (Phi) is 12.5. The van der Waals surface area contributed by atoms with Crippen molar-refractivity contribution in [1.29, 1.82) is 0 Å². The molecule has 2 aromatic heterocycles. The monoisotopic (exact) mass is 626 g/mol. The van der Waals surface area contributed by atoms with Crippen molar-refractivity contribution in [3.63, 3.8) is 0 Å². The summed E-state index contributed by atoms with van der Waals surface area (Å²) in [6.45, 7) is 2.31. The molecule has 42 heavy (non-hydrogen) atoms. The van der Waals surface area contributed by atoms with Crippen molar-refractivity contribution >= 4 is 64.7 Å². The highest BCUT2D eigenvalue weighted by Gasteiger charge is 2.28. The van der Waals surface area contributed by atoms with Gasteiger partial charge in [0, 0.05) is 50.6 Å². The maximum atomic E-state index is 13.4. The maximum Gasteiger partial charge on any atom is 0.327 e. The predicted octanol–water partition coefficient (Wildman–Crippen LogP) is -1.21. The summed E-state index contributed by atoms with van der Waals surface area (Å²) < 4.78 is 0. The largest absolute Gasteiger partial charge is 0.480 e. The number of thioether (sulfide) groups is 2. The van der Waals surface area contributed by atoms with Gasteiger partial charge in [-0.25, -0.2) is 19.6 Å². The molecule has 0 saturated heterocycles. The van der Waals surface area contributed by atoms with Crippen LogP contribution in [0, 0.1) is 0 Å². The molecule has 2 rings (SSSR count). The number of ketones is 1. The van der Waals surface area contributed by atoms with Crippen molar-refractivity contribution in [3.8, 4) is 0 Å². The summed E-state index contributed by atoms with van der Waals surface area (Å²) in [7, 11) is 0. The van der Waals surface area contributed by atoms with Gasteiger partial charge in [0.1, 0.15) is 17.9 Å². The van der Waals surface area contributed by atoms with Crippen molar-refractivity contribution in [3.05, 3.63) is 44.5 Å². The highest BCUT2D eigenvalue weighted by Crippen LogP contribution is 2.36. The number of nitrogens with zero attached hydrogens (tertiary/aromatic N) is 2. The molecule has 0 aliphatic rings. The van der Waals surface area contributed by atoms with Crippen LogP contribution in [0.15, 0.2) is 22.0 Å². The Hall–Kier alpha value is -4.39. The van der Waals surface area contributed by atoms with E-state index < -0.39 is 63.2 Å². The molecule has 0 aromatic carbocycles. The van der Waals surface area contributed by atoms with Crippen molar-refractivity contribution in [2.45, 2.75) is 49.3 Å². The average Bonchev–Trinajstić information content (AvgIpc) is 2.89. The van der Waals surface area contributed by atoms with E-state index >= 15 is 0 Å². The number of nitrogens with one attached hydrogen (secondary N) is 4. The molecule has 0 spiro atoms. The number of nitrogens with two attached hydrogens (primary N) is 2. The summed E-state index contributed by atoms with van der Waals surface area (Å²) in [5, 5.41) is 21.9. The first-order chi connectivity index (χ1) is 19.7. The highest BCUT2D eigenvalue weighted by molar-refractivity contribution is 7.99. The standard InChI is InChI=1S/C23H30N8O9S2/c1-9(32)28-14(22(37)38)7-41-16(12-5-26-20(35)18(24)30-12)3-11(34)4-17(13-6-27-21(36)19(25)31-13)42-8-15(23(39)40)29-10(2)33/h5-6,14-17H,3-4,7-8H2,1-2H3,(H2,24,30)(H2,25,31)(H,26,35)(H,27,36)(H,28,32)(H,29,33)(H,37,38)(H,39,40). The van der Waals surface area contributed by atoms with E-state index in [1.807, 2.05) is 0 Å². The van der Waals surface area contributed by atoms with Gasteiger partial charge < -0.3 is 42.3 Å². The van der Waals surface area contributed by atoms with Crippen LogP contribution >= 0.6 is 23.5 Å². The smallest absolute Gasteiger partial charge is 0.327 e.